The Bertz CT molecular complexity index is 942. The maximum atomic E-state index is 13.6. The Kier molecular flexibility index (Phi) is 4.63. The Labute approximate surface area is 186 Å². The van der Waals surface area contributed by atoms with E-state index in [9.17, 15) is 26.3 Å². The van der Waals surface area contributed by atoms with Crippen LogP contribution in [0.15, 0.2) is 28.5 Å². The lowest BCUT2D eigenvalue weighted by molar-refractivity contribution is -0.143. The van der Waals surface area contributed by atoms with E-state index in [2.05, 4.69) is 15.2 Å². The van der Waals surface area contributed by atoms with Crippen LogP contribution in [0.2, 0.25) is 0 Å². The maximum absolute atomic E-state index is 13.6. The highest BCUT2D eigenvalue weighted by atomic mass is 19.4. The van der Waals surface area contributed by atoms with Crippen molar-refractivity contribution in [2.24, 2.45) is 34.0 Å². The second kappa shape index (κ2) is 7.07. The summed E-state index contributed by atoms with van der Waals surface area (Å²) in [5.74, 6) is 1.26. The number of morpholine rings is 1. The molecule has 2 aliphatic heterocycles. The molecule has 3 aliphatic carbocycles. The minimum atomic E-state index is -4.91. The molecule has 180 valence electrons. The lowest BCUT2D eigenvalue weighted by Crippen LogP contribution is -2.69. The van der Waals surface area contributed by atoms with E-state index in [-0.39, 0.29) is 29.6 Å². The van der Waals surface area contributed by atoms with E-state index >= 15 is 0 Å². The third-order valence-corrected chi connectivity index (χ3v) is 8.54. The van der Waals surface area contributed by atoms with Crippen molar-refractivity contribution < 1.29 is 31.1 Å². The standard InChI is InChI=1S/C22H24F6N4O/c23-21(24,25)12-8-13(22(26,27)28)10-14(9-12)32-20(31-4-6-33-7-5-31)18-11-17(19(20)29-30-32)15-2-1-3-16(15)18/h8-10,15-19H,1-7,11H2/t15-,16+,17-,18-,19-,20-/m0/s1. The fraction of sp³-hybridized carbons (Fsp3) is 0.727. The van der Waals surface area contributed by atoms with Crippen molar-refractivity contribution in [1.29, 1.82) is 0 Å². The summed E-state index contributed by atoms with van der Waals surface area (Å²) in [6, 6.07) is 1.49. The summed E-state index contributed by atoms with van der Waals surface area (Å²) in [6.45, 7) is 2.02. The van der Waals surface area contributed by atoms with Gasteiger partial charge >= 0.3 is 12.4 Å². The average Bonchev–Trinajstić information content (AvgIpc) is 3.51. The number of halogens is 6. The summed E-state index contributed by atoms with van der Waals surface area (Å²) in [4.78, 5) is 2.17. The zero-order valence-electron chi connectivity index (χ0n) is 17.7. The van der Waals surface area contributed by atoms with E-state index in [0.29, 0.717) is 38.1 Å². The van der Waals surface area contributed by atoms with E-state index in [1.165, 1.54) is 5.01 Å². The van der Waals surface area contributed by atoms with Gasteiger partial charge in [-0.15, -0.1) is 0 Å². The molecule has 0 spiro atoms. The van der Waals surface area contributed by atoms with Crippen LogP contribution in [-0.4, -0.2) is 42.9 Å². The van der Waals surface area contributed by atoms with Gasteiger partial charge in [-0.2, -0.15) is 31.5 Å². The Morgan fingerprint density at radius 2 is 1.52 bits per heavy atom. The van der Waals surface area contributed by atoms with Crippen LogP contribution in [0, 0.1) is 23.7 Å². The number of anilines is 1. The molecule has 5 aliphatic rings. The van der Waals surface area contributed by atoms with E-state index in [0.717, 1.165) is 37.8 Å². The molecule has 6 rings (SSSR count). The van der Waals surface area contributed by atoms with Gasteiger partial charge in [0.15, 0.2) is 0 Å². The number of nitrogens with zero attached hydrogens (tertiary/aromatic N) is 4. The van der Waals surface area contributed by atoms with Gasteiger partial charge in [-0.25, -0.2) is 5.01 Å². The van der Waals surface area contributed by atoms with Gasteiger partial charge in [-0.3, -0.25) is 4.90 Å². The van der Waals surface area contributed by atoms with Crippen molar-refractivity contribution in [1.82, 2.24) is 4.90 Å². The normalized spacial score (nSPS) is 38.2. The summed E-state index contributed by atoms with van der Waals surface area (Å²) < 4.78 is 87.1. The number of hydrogen-bond acceptors (Lipinski definition) is 5. The molecule has 0 aromatic heterocycles. The first kappa shape index (κ1) is 21.6. The Morgan fingerprint density at radius 3 is 2.15 bits per heavy atom. The van der Waals surface area contributed by atoms with Crippen LogP contribution in [0.1, 0.15) is 36.8 Å². The molecule has 1 aromatic carbocycles. The van der Waals surface area contributed by atoms with Crippen LogP contribution in [-0.2, 0) is 17.1 Å². The lowest BCUT2D eigenvalue weighted by Gasteiger charge is -2.54. The highest BCUT2D eigenvalue weighted by Crippen LogP contribution is 2.67. The number of rotatable bonds is 2. The third kappa shape index (κ3) is 3.00. The van der Waals surface area contributed by atoms with Gasteiger partial charge in [0, 0.05) is 19.0 Å². The molecule has 0 unspecified atom stereocenters. The SMILES string of the molecule is FC(F)(F)c1cc(N2N=N[C@H]3[C@H]4C[C@@H]([C@@H]5CCC[C@@H]54)[C@@]32N2CCOCC2)cc(C(F)(F)F)c1. The van der Waals surface area contributed by atoms with Crippen molar-refractivity contribution in [2.45, 2.75) is 49.7 Å². The van der Waals surface area contributed by atoms with Gasteiger partial charge < -0.3 is 4.74 Å². The van der Waals surface area contributed by atoms with Gasteiger partial charge in [0.25, 0.3) is 0 Å². The summed E-state index contributed by atoms with van der Waals surface area (Å²) >= 11 is 0. The molecule has 2 bridgehead atoms. The second-order valence-corrected chi connectivity index (χ2v) is 9.87. The van der Waals surface area contributed by atoms with Gasteiger partial charge in [-0.05, 0) is 55.2 Å². The van der Waals surface area contributed by atoms with Gasteiger partial charge in [-0.1, -0.05) is 11.6 Å². The van der Waals surface area contributed by atoms with Gasteiger partial charge in [0.05, 0.1) is 30.0 Å². The predicted molar refractivity (Wildman–Crippen MR) is 105 cm³/mol. The number of ether oxygens (including phenoxy) is 1. The molecule has 0 N–H and O–H groups in total. The zero-order chi connectivity index (χ0) is 23.2. The largest absolute Gasteiger partial charge is 0.416 e. The predicted octanol–water partition coefficient (Wildman–Crippen LogP) is 5.37. The van der Waals surface area contributed by atoms with E-state index in [4.69, 9.17) is 4.74 Å². The van der Waals surface area contributed by atoms with Crippen LogP contribution in [0.25, 0.3) is 0 Å². The van der Waals surface area contributed by atoms with Crippen LogP contribution < -0.4 is 5.01 Å². The molecule has 2 heterocycles. The third-order valence-electron chi connectivity index (χ3n) is 8.54. The zero-order valence-corrected chi connectivity index (χ0v) is 17.7. The number of hydrogen-bond donors (Lipinski definition) is 0. The summed E-state index contributed by atoms with van der Waals surface area (Å²) in [6.07, 6.45) is -5.69. The molecular formula is C22H24F6N4O. The second-order valence-electron chi connectivity index (χ2n) is 9.87. The van der Waals surface area contributed by atoms with Gasteiger partial charge in [0.1, 0.15) is 11.7 Å². The van der Waals surface area contributed by atoms with Crippen molar-refractivity contribution in [2.75, 3.05) is 31.3 Å². The fourth-order valence-corrected chi connectivity index (χ4v) is 7.51. The molecule has 6 atom stereocenters. The minimum absolute atomic E-state index is 0.0944. The van der Waals surface area contributed by atoms with E-state index in [1.807, 2.05) is 0 Å². The molecule has 33 heavy (non-hydrogen) atoms. The van der Waals surface area contributed by atoms with Crippen molar-refractivity contribution in [3.8, 4) is 0 Å². The molecule has 0 radical (unpaired) electrons. The van der Waals surface area contributed by atoms with Gasteiger partial charge in [0.2, 0.25) is 0 Å². The lowest BCUT2D eigenvalue weighted by atomic mass is 9.71. The molecule has 1 saturated heterocycles. The highest BCUT2D eigenvalue weighted by molar-refractivity contribution is 5.56. The summed E-state index contributed by atoms with van der Waals surface area (Å²) in [5.41, 5.74) is -3.69. The van der Waals surface area contributed by atoms with Crippen LogP contribution in [0.4, 0.5) is 32.0 Å². The fourth-order valence-electron chi connectivity index (χ4n) is 7.51. The Hall–Kier alpha value is -1.88. The molecule has 1 aromatic rings. The first-order chi connectivity index (χ1) is 15.6. The Balaban J connectivity index is 1.51. The Morgan fingerprint density at radius 1 is 0.879 bits per heavy atom. The number of benzene rings is 1. The first-order valence-corrected chi connectivity index (χ1v) is 11.4. The van der Waals surface area contributed by atoms with E-state index < -0.39 is 29.1 Å². The summed E-state index contributed by atoms with van der Waals surface area (Å²) in [7, 11) is 0. The molecule has 5 nitrogen and oxygen atoms in total. The molecule has 0 amide bonds. The quantitative estimate of drug-likeness (QED) is 0.541. The highest BCUT2D eigenvalue weighted by Gasteiger charge is 2.73. The molecule has 11 heteroatoms. The molecule has 4 fully saturated rings. The topological polar surface area (TPSA) is 40.4 Å². The van der Waals surface area contributed by atoms with Crippen LogP contribution in [0.5, 0.6) is 0 Å². The summed E-state index contributed by atoms with van der Waals surface area (Å²) in [5, 5.41) is 10.2. The monoisotopic (exact) mass is 474 g/mol. The number of alkyl halides is 6. The van der Waals surface area contributed by atoms with Crippen LogP contribution in [0.3, 0.4) is 0 Å². The van der Waals surface area contributed by atoms with E-state index in [1.54, 1.807) is 0 Å². The maximum Gasteiger partial charge on any atom is 0.416 e. The van der Waals surface area contributed by atoms with Crippen LogP contribution >= 0.6 is 0 Å². The first-order valence-electron chi connectivity index (χ1n) is 11.4. The van der Waals surface area contributed by atoms with Crippen molar-refractivity contribution in [3.63, 3.8) is 0 Å². The molecular weight excluding hydrogens is 450 g/mol. The smallest absolute Gasteiger partial charge is 0.379 e. The minimum Gasteiger partial charge on any atom is -0.379 e. The van der Waals surface area contributed by atoms with Crippen molar-refractivity contribution >= 4 is 5.69 Å². The van der Waals surface area contributed by atoms with Crippen molar-refractivity contribution in [3.05, 3.63) is 29.3 Å². The molecule has 3 saturated carbocycles. The number of fused-ring (bicyclic) bond motifs is 8. The average molecular weight is 474 g/mol.